The summed E-state index contributed by atoms with van der Waals surface area (Å²) in [6.07, 6.45) is 4.67. The van der Waals surface area contributed by atoms with Gasteiger partial charge in [-0.2, -0.15) is 0 Å². The first-order valence-corrected chi connectivity index (χ1v) is 14.2. The number of esters is 2. The van der Waals surface area contributed by atoms with Crippen LogP contribution in [0, 0.1) is 11.8 Å². The first-order chi connectivity index (χ1) is 20.4. The zero-order valence-corrected chi connectivity index (χ0v) is 24.3. The Balaban J connectivity index is 1.54. The lowest BCUT2D eigenvalue weighted by molar-refractivity contribution is -0.154. The second-order valence-electron chi connectivity index (χ2n) is 10.5. The molecule has 1 amide bonds. The Morgan fingerprint density at radius 2 is 1.64 bits per heavy atom. The molecule has 4 rings (SSSR count). The standard InChI is InChI=1S/C33H38N2O7/c1-22-27(20-25-13-8-5-9-14-25)26(19-24-11-6-4-7-12-24)15-10-16-28(33(38)42-22)35-32(37)30-31(41-21-40-23(2)36)29(39-3)17-18-34-30/h4-9,11-14,17-18,22,26-28H,10,15-16,19-21H2,1-3H3,(H,35,37)/t22-,26+,27-,28-/m0/s1. The monoisotopic (exact) mass is 574 g/mol. The maximum Gasteiger partial charge on any atom is 0.328 e. The second kappa shape index (κ2) is 15.0. The smallest absolute Gasteiger partial charge is 0.328 e. The van der Waals surface area contributed by atoms with E-state index in [2.05, 4.69) is 34.6 Å². The molecule has 1 aromatic heterocycles. The molecular weight excluding hydrogens is 536 g/mol. The number of cyclic esters (lactones) is 1. The minimum absolute atomic E-state index is 0.00871. The number of pyridine rings is 1. The van der Waals surface area contributed by atoms with Gasteiger partial charge in [0.25, 0.3) is 5.91 Å². The van der Waals surface area contributed by atoms with Crippen LogP contribution in [0.15, 0.2) is 72.9 Å². The molecule has 9 heteroatoms. The molecule has 0 bridgehead atoms. The highest BCUT2D eigenvalue weighted by atomic mass is 16.7. The number of amides is 1. The molecule has 1 aliphatic heterocycles. The summed E-state index contributed by atoms with van der Waals surface area (Å²) in [5.41, 5.74) is 2.35. The van der Waals surface area contributed by atoms with Crippen molar-refractivity contribution in [3.05, 3.63) is 89.7 Å². The number of aromatic nitrogens is 1. The summed E-state index contributed by atoms with van der Waals surface area (Å²) in [4.78, 5) is 42.2. The highest BCUT2D eigenvalue weighted by Gasteiger charge is 2.35. The highest BCUT2D eigenvalue weighted by molar-refractivity contribution is 5.98. The lowest BCUT2D eigenvalue weighted by Crippen LogP contribution is -2.43. The number of hydrogen-bond acceptors (Lipinski definition) is 8. The first kappa shape index (κ1) is 30.6. The zero-order chi connectivity index (χ0) is 29.9. The Kier molecular flexibility index (Phi) is 10.9. The van der Waals surface area contributed by atoms with Crippen LogP contribution in [0.1, 0.15) is 54.7 Å². The minimum atomic E-state index is -0.873. The quantitative estimate of drug-likeness (QED) is 0.268. The van der Waals surface area contributed by atoms with Crippen LogP contribution in [0.3, 0.4) is 0 Å². The fourth-order valence-electron chi connectivity index (χ4n) is 5.46. The number of hydrogen-bond donors (Lipinski definition) is 1. The Hall–Kier alpha value is -4.40. The molecule has 222 valence electrons. The van der Waals surface area contributed by atoms with Crippen molar-refractivity contribution in [2.24, 2.45) is 11.8 Å². The predicted octanol–water partition coefficient (Wildman–Crippen LogP) is 4.92. The Labute approximate surface area is 246 Å². The summed E-state index contributed by atoms with van der Waals surface area (Å²) in [6.45, 7) is 2.76. The highest BCUT2D eigenvalue weighted by Crippen LogP contribution is 2.33. The summed E-state index contributed by atoms with van der Waals surface area (Å²) in [6, 6.07) is 21.3. The van der Waals surface area contributed by atoms with Crippen LogP contribution in [0.4, 0.5) is 0 Å². The van der Waals surface area contributed by atoms with Crippen molar-refractivity contribution < 1.29 is 33.3 Å². The zero-order valence-electron chi connectivity index (χ0n) is 24.3. The number of nitrogens with one attached hydrogen (secondary N) is 1. The molecule has 1 fully saturated rings. The maximum atomic E-state index is 13.4. The molecule has 4 atom stereocenters. The van der Waals surface area contributed by atoms with Gasteiger partial charge in [-0.3, -0.25) is 9.59 Å². The third-order valence-electron chi connectivity index (χ3n) is 7.59. The predicted molar refractivity (Wildman–Crippen MR) is 156 cm³/mol. The fourth-order valence-corrected chi connectivity index (χ4v) is 5.46. The van der Waals surface area contributed by atoms with Gasteiger partial charge in [0.05, 0.1) is 7.11 Å². The van der Waals surface area contributed by atoms with Gasteiger partial charge < -0.3 is 24.3 Å². The molecular formula is C33H38N2O7. The molecule has 1 N–H and O–H groups in total. The van der Waals surface area contributed by atoms with Crippen LogP contribution in [0.2, 0.25) is 0 Å². The van der Waals surface area contributed by atoms with Gasteiger partial charge in [0, 0.05) is 25.1 Å². The van der Waals surface area contributed by atoms with E-state index in [1.54, 1.807) is 0 Å². The van der Waals surface area contributed by atoms with Crippen LogP contribution in [-0.2, 0) is 31.9 Å². The van der Waals surface area contributed by atoms with E-state index in [-0.39, 0.29) is 35.1 Å². The van der Waals surface area contributed by atoms with Gasteiger partial charge in [0.2, 0.25) is 6.79 Å². The van der Waals surface area contributed by atoms with Gasteiger partial charge in [-0.1, -0.05) is 67.1 Å². The number of carbonyl (C=O) groups excluding carboxylic acids is 3. The molecule has 3 aromatic rings. The third kappa shape index (κ3) is 8.31. The van der Waals surface area contributed by atoms with E-state index in [9.17, 15) is 14.4 Å². The van der Waals surface area contributed by atoms with Crippen molar-refractivity contribution in [2.45, 2.75) is 58.1 Å². The minimum Gasteiger partial charge on any atom is -0.493 e. The van der Waals surface area contributed by atoms with E-state index in [4.69, 9.17) is 18.9 Å². The van der Waals surface area contributed by atoms with E-state index < -0.39 is 30.7 Å². The van der Waals surface area contributed by atoms with Crippen LogP contribution in [0.5, 0.6) is 11.5 Å². The lowest BCUT2D eigenvalue weighted by Gasteiger charge is -2.31. The fraction of sp³-hybridized carbons (Fsp3) is 0.394. The number of benzene rings is 2. The molecule has 0 spiro atoms. The average Bonchev–Trinajstić information content (AvgIpc) is 3.03. The summed E-state index contributed by atoms with van der Waals surface area (Å²) in [5.74, 6) is -1.04. The molecule has 1 aliphatic rings. The SMILES string of the molecule is COc1ccnc(C(=O)N[C@H]2CCC[C@H](Cc3ccccc3)[C@@H](Cc3ccccc3)[C@H](C)OC2=O)c1OCOC(C)=O. The van der Waals surface area contributed by atoms with Crippen LogP contribution >= 0.6 is 0 Å². The Bertz CT molecular complexity index is 1330. The van der Waals surface area contributed by atoms with Crippen molar-refractivity contribution in [3.63, 3.8) is 0 Å². The molecule has 0 radical (unpaired) electrons. The van der Waals surface area contributed by atoms with Crippen LogP contribution in [0.25, 0.3) is 0 Å². The molecule has 2 aromatic carbocycles. The van der Waals surface area contributed by atoms with Gasteiger partial charge >= 0.3 is 11.9 Å². The number of rotatable bonds is 10. The van der Waals surface area contributed by atoms with E-state index in [0.717, 1.165) is 25.7 Å². The van der Waals surface area contributed by atoms with E-state index in [0.29, 0.717) is 6.42 Å². The van der Waals surface area contributed by atoms with Crippen molar-refractivity contribution >= 4 is 17.8 Å². The first-order valence-electron chi connectivity index (χ1n) is 14.2. The van der Waals surface area contributed by atoms with Crippen molar-refractivity contribution in [1.82, 2.24) is 10.3 Å². The normalized spacial score (nSPS) is 20.7. The topological polar surface area (TPSA) is 113 Å². The Morgan fingerprint density at radius 3 is 2.29 bits per heavy atom. The van der Waals surface area contributed by atoms with E-state index in [1.165, 1.54) is 37.4 Å². The summed E-state index contributed by atoms with van der Waals surface area (Å²) in [5, 5.41) is 2.80. The molecule has 9 nitrogen and oxygen atoms in total. The van der Waals surface area contributed by atoms with Crippen LogP contribution in [-0.4, -0.2) is 48.9 Å². The van der Waals surface area contributed by atoms with E-state index >= 15 is 0 Å². The number of methoxy groups -OCH3 is 1. The van der Waals surface area contributed by atoms with Crippen LogP contribution < -0.4 is 14.8 Å². The van der Waals surface area contributed by atoms with Gasteiger partial charge in [0.1, 0.15) is 12.1 Å². The number of nitrogens with zero attached hydrogens (tertiary/aromatic N) is 1. The Morgan fingerprint density at radius 1 is 0.976 bits per heavy atom. The average molecular weight is 575 g/mol. The molecule has 1 saturated heterocycles. The van der Waals surface area contributed by atoms with Crippen molar-refractivity contribution in [3.8, 4) is 11.5 Å². The molecule has 0 aliphatic carbocycles. The van der Waals surface area contributed by atoms with Gasteiger partial charge in [-0.05, 0) is 49.7 Å². The van der Waals surface area contributed by atoms with Crippen molar-refractivity contribution in [2.75, 3.05) is 13.9 Å². The summed E-state index contributed by atoms with van der Waals surface area (Å²) >= 11 is 0. The number of carbonyl (C=O) groups is 3. The summed E-state index contributed by atoms with van der Waals surface area (Å²) in [7, 11) is 1.42. The van der Waals surface area contributed by atoms with Gasteiger partial charge in [0.15, 0.2) is 17.2 Å². The summed E-state index contributed by atoms with van der Waals surface area (Å²) < 4.78 is 21.7. The maximum absolute atomic E-state index is 13.4. The lowest BCUT2D eigenvalue weighted by atomic mass is 9.77. The molecule has 2 heterocycles. The van der Waals surface area contributed by atoms with Gasteiger partial charge in [-0.25, -0.2) is 9.78 Å². The number of ether oxygens (including phenoxy) is 4. The largest absolute Gasteiger partial charge is 0.493 e. The second-order valence-corrected chi connectivity index (χ2v) is 10.5. The molecule has 0 saturated carbocycles. The van der Waals surface area contributed by atoms with Gasteiger partial charge in [-0.15, -0.1) is 0 Å². The van der Waals surface area contributed by atoms with Crippen molar-refractivity contribution in [1.29, 1.82) is 0 Å². The third-order valence-corrected chi connectivity index (χ3v) is 7.59. The molecule has 42 heavy (non-hydrogen) atoms. The van der Waals surface area contributed by atoms with E-state index in [1.807, 2.05) is 43.3 Å². The molecule has 0 unspecified atom stereocenters.